The summed E-state index contributed by atoms with van der Waals surface area (Å²) in [5.74, 6) is 0.484. The standard InChI is InChI=1S/C23H27FN4OS2/c1-26(14-17-5-11-21(31-2)12-6-17)16-28-23(30)27(15-20-4-3-13-29-20)22(25-28)18-7-9-19(24)10-8-18/h5-12,20H,3-4,13-16H2,1-2H3. The summed E-state index contributed by atoms with van der Waals surface area (Å²) in [7, 11) is 2.06. The molecular formula is C23H27FN4OS2. The van der Waals surface area contributed by atoms with E-state index in [4.69, 9.17) is 22.1 Å². The molecule has 8 heteroatoms. The third-order valence-electron chi connectivity index (χ3n) is 5.42. The topological polar surface area (TPSA) is 35.2 Å². The van der Waals surface area contributed by atoms with Gasteiger partial charge in [-0.05, 0) is 80.3 Å². The van der Waals surface area contributed by atoms with E-state index < -0.39 is 0 Å². The number of thioether (sulfide) groups is 1. The molecule has 0 aliphatic carbocycles. The lowest BCUT2D eigenvalue weighted by molar-refractivity contribution is 0.0967. The Morgan fingerprint density at radius 2 is 1.94 bits per heavy atom. The van der Waals surface area contributed by atoms with Crippen molar-refractivity contribution in [1.82, 2.24) is 19.2 Å². The summed E-state index contributed by atoms with van der Waals surface area (Å²) in [4.78, 5) is 3.44. The number of ether oxygens (including phenoxy) is 1. The molecular weight excluding hydrogens is 431 g/mol. The predicted octanol–water partition coefficient (Wildman–Crippen LogP) is 5.21. The van der Waals surface area contributed by atoms with E-state index in [1.54, 1.807) is 23.9 Å². The van der Waals surface area contributed by atoms with Gasteiger partial charge in [-0.15, -0.1) is 11.8 Å². The van der Waals surface area contributed by atoms with Gasteiger partial charge in [0.05, 0.1) is 19.3 Å². The van der Waals surface area contributed by atoms with Crippen LogP contribution < -0.4 is 0 Å². The fourth-order valence-electron chi connectivity index (χ4n) is 3.82. The Morgan fingerprint density at radius 1 is 1.19 bits per heavy atom. The molecule has 0 saturated carbocycles. The minimum absolute atomic E-state index is 0.135. The van der Waals surface area contributed by atoms with Crippen molar-refractivity contribution in [3.05, 3.63) is 64.7 Å². The number of halogens is 1. The van der Waals surface area contributed by atoms with Gasteiger partial charge in [0, 0.05) is 23.6 Å². The Balaban J connectivity index is 1.57. The number of benzene rings is 2. The number of nitrogens with zero attached hydrogens (tertiary/aromatic N) is 4. The van der Waals surface area contributed by atoms with Gasteiger partial charge in [0.1, 0.15) is 5.82 Å². The highest BCUT2D eigenvalue weighted by Crippen LogP contribution is 2.23. The van der Waals surface area contributed by atoms with Gasteiger partial charge in [-0.1, -0.05) is 12.1 Å². The monoisotopic (exact) mass is 458 g/mol. The van der Waals surface area contributed by atoms with Crippen molar-refractivity contribution < 1.29 is 9.13 Å². The molecule has 0 amide bonds. The van der Waals surface area contributed by atoms with Crippen molar-refractivity contribution >= 4 is 24.0 Å². The lowest BCUT2D eigenvalue weighted by atomic mass is 10.2. The second kappa shape index (κ2) is 10.1. The van der Waals surface area contributed by atoms with Gasteiger partial charge in [-0.2, -0.15) is 5.10 Å². The Bertz CT molecular complexity index is 1060. The van der Waals surface area contributed by atoms with Crippen LogP contribution in [0.15, 0.2) is 53.4 Å². The van der Waals surface area contributed by atoms with Crippen molar-refractivity contribution in [3.8, 4) is 11.4 Å². The molecule has 3 aromatic rings. The highest BCUT2D eigenvalue weighted by atomic mass is 32.2. The average Bonchev–Trinajstić information content (AvgIpc) is 3.39. The summed E-state index contributed by atoms with van der Waals surface area (Å²) in [6, 6.07) is 15.0. The molecule has 1 aliphatic rings. The molecule has 2 heterocycles. The van der Waals surface area contributed by atoms with Gasteiger partial charge in [-0.3, -0.25) is 9.47 Å². The van der Waals surface area contributed by atoms with Crippen LogP contribution in [0.4, 0.5) is 4.39 Å². The minimum Gasteiger partial charge on any atom is -0.376 e. The lowest BCUT2D eigenvalue weighted by Crippen LogP contribution is -2.23. The number of hydrogen-bond donors (Lipinski definition) is 0. The van der Waals surface area contributed by atoms with Crippen LogP contribution in [0.2, 0.25) is 0 Å². The Morgan fingerprint density at radius 3 is 2.58 bits per heavy atom. The fraction of sp³-hybridized carbons (Fsp3) is 0.391. The SMILES string of the molecule is CSc1ccc(CN(C)Cn2nc(-c3ccc(F)cc3)n(CC3CCCO3)c2=S)cc1. The Hall–Kier alpha value is -2.00. The maximum atomic E-state index is 13.5. The van der Waals surface area contributed by atoms with Gasteiger partial charge < -0.3 is 4.74 Å². The fourth-order valence-corrected chi connectivity index (χ4v) is 4.49. The normalized spacial score (nSPS) is 16.3. The molecule has 0 spiro atoms. The molecule has 1 atom stereocenters. The van der Waals surface area contributed by atoms with Crippen molar-refractivity contribution in [1.29, 1.82) is 0 Å². The quantitative estimate of drug-likeness (QED) is 0.342. The molecule has 2 aromatic carbocycles. The summed E-state index contributed by atoms with van der Waals surface area (Å²) in [6.45, 7) is 2.80. The van der Waals surface area contributed by atoms with Crippen molar-refractivity contribution in [2.24, 2.45) is 0 Å². The summed E-state index contributed by atoms with van der Waals surface area (Å²) >= 11 is 7.53. The summed E-state index contributed by atoms with van der Waals surface area (Å²) < 4.78 is 23.8. The van der Waals surface area contributed by atoms with E-state index in [1.165, 1.54) is 22.6 Å². The van der Waals surface area contributed by atoms with E-state index in [0.717, 1.165) is 37.4 Å². The van der Waals surface area contributed by atoms with Gasteiger partial charge >= 0.3 is 0 Å². The average molecular weight is 459 g/mol. The molecule has 5 nitrogen and oxygen atoms in total. The molecule has 0 N–H and O–H groups in total. The molecule has 1 aromatic heterocycles. The minimum atomic E-state index is -0.264. The van der Waals surface area contributed by atoms with Gasteiger partial charge in [-0.25, -0.2) is 9.07 Å². The molecule has 1 aliphatic heterocycles. The van der Waals surface area contributed by atoms with E-state index in [0.29, 0.717) is 18.0 Å². The highest BCUT2D eigenvalue weighted by molar-refractivity contribution is 7.98. The maximum Gasteiger partial charge on any atom is 0.199 e. The number of aromatic nitrogens is 3. The van der Waals surface area contributed by atoms with Crippen LogP contribution in [-0.4, -0.2) is 45.3 Å². The van der Waals surface area contributed by atoms with Crippen LogP contribution in [0.3, 0.4) is 0 Å². The predicted molar refractivity (Wildman–Crippen MR) is 125 cm³/mol. The van der Waals surface area contributed by atoms with Crippen LogP contribution in [0.5, 0.6) is 0 Å². The van der Waals surface area contributed by atoms with Crippen LogP contribution in [-0.2, 0) is 24.5 Å². The molecule has 1 fully saturated rings. The zero-order chi connectivity index (χ0) is 21.8. The Kier molecular flexibility index (Phi) is 7.22. The van der Waals surface area contributed by atoms with E-state index in [9.17, 15) is 4.39 Å². The first-order valence-electron chi connectivity index (χ1n) is 10.4. The largest absolute Gasteiger partial charge is 0.376 e. The van der Waals surface area contributed by atoms with Crippen LogP contribution in [0, 0.1) is 10.6 Å². The molecule has 31 heavy (non-hydrogen) atoms. The highest BCUT2D eigenvalue weighted by Gasteiger charge is 2.21. The summed E-state index contributed by atoms with van der Waals surface area (Å²) in [5.41, 5.74) is 2.09. The second-order valence-electron chi connectivity index (χ2n) is 7.86. The van der Waals surface area contributed by atoms with Crippen molar-refractivity contribution in [3.63, 3.8) is 0 Å². The van der Waals surface area contributed by atoms with E-state index in [-0.39, 0.29) is 11.9 Å². The van der Waals surface area contributed by atoms with E-state index >= 15 is 0 Å². The first kappa shape index (κ1) is 22.2. The van der Waals surface area contributed by atoms with Gasteiger partial charge in [0.2, 0.25) is 0 Å². The van der Waals surface area contributed by atoms with Crippen LogP contribution in [0.25, 0.3) is 11.4 Å². The molecule has 0 radical (unpaired) electrons. The third kappa shape index (κ3) is 5.44. The van der Waals surface area contributed by atoms with E-state index in [1.807, 2.05) is 9.25 Å². The first-order chi connectivity index (χ1) is 15.0. The smallest absolute Gasteiger partial charge is 0.199 e. The second-order valence-corrected chi connectivity index (χ2v) is 9.11. The van der Waals surface area contributed by atoms with Gasteiger partial charge in [0.25, 0.3) is 0 Å². The molecule has 1 saturated heterocycles. The number of rotatable bonds is 8. The van der Waals surface area contributed by atoms with Crippen LogP contribution in [0.1, 0.15) is 18.4 Å². The van der Waals surface area contributed by atoms with Crippen LogP contribution >= 0.6 is 24.0 Å². The summed E-state index contributed by atoms with van der Waals surface area (Å²) in [6.07, 6.45) is 4.29. The molecule has 1 unspecified atom stereocenters. The molecule has 0 bridgehead atoms. The van der Waals surface area contributed by atoms with Crippen molar-refractivity contribution in [2.45, 2.75) is 43.6 Å². The summed E-state index contributed by atoms with van der Waals surface area (Å²) in [5, 5.41) is 4.81. The van der Waals surface area contributed by atoms with E-state index in [2.05, 4.69) is 42.5 Å². The molecule has 4 rings (SSSR count). The van der Waals surface area contributed by atoms with Gasteiger partial charge in [0.15, 0.2) is 10.6 Å². The Labute approximate surface area is 191 Å². The zero-order valence-corrected chi connectivity index (χ0v) is 19.5. The van der Waals surface area contributed by atoms with Crippen molar-refractivity contribution in [2.75, 3.05) is 19.9 Å². The zero-order valence-electron chi connectivity index (χ0n) is 17.8. The molecule has 164 valence electrons. The maximum absolute atomic E-state index is 13.5. The third-order valence-corrected chi connectivity index (χ3v) is 6.60. The first-order valence-corrected chi connectivity index (χ1v) is 12.0. The lowest BCUT2D eigenvalue weighted by Gasteiger charge is -2.16. The number of hydrogen-bond acceptors (Lipinski definition) is 5.